The molecule has 204 valence electrons. The minimum absolute atomic E-state index is 0.104. The van der Waals surface area contributed by atoms with Gasteiger partial charge in [0.2, 0.25) is 0 Å². The monoisotopic (exact) mass is 537 g/mol. The lowest BCUT2D eigenvalue weighted by atomic mass is 9.93. The van der Waals surface area contributed by atoms with Crippen molar-refractivity contribution in [3.05, 3.63) is 83.1 Å². The summed E-state index contributed by atoms with van der Waals surface area (Å²) in [7, 11) is 0. The van der Waals surface area contributed by atoms with Crippen LogP contribution in [0.4, 0.5) is 5.82 Å². The second-order valence-corrected chi connectivity index (χ2v) is 10.9. The summed E-state index contributed by atoms with van der Waals surface area (Å²) in [4.78, 5) is 37.4. The maximum atomic E-state index is 14.0. The van der Waals surface area contributed by atoms with Gasteiger partial charge in [-0.1, -0.05) is 45.0 Å². The molecule has 0 saturated carbocycles. The topological polar surface area (TPSA) is 132 Å². The smallest absolute Gasteiger partial charge is 0.335 e. The largest absolute Gasteiger partial charge is 0.457 e. The highest BCUT2D eigenvalue weighted by Crippen LogP contribution is 2.29. The number of ether oxygens (including phenoxy) is 1. The maximum Gasteiger partial charge on any atom is 0.335 e. The highest BCUT2D eigenvalue weighted by molar-refractivity contribution is 5.97. The number of nitrogens with zero attached hydrogens (tertiary/aromatic N) is 6. The second kappa shape index (κ2) is 10.7. The standard InChI is InChI=1S/C30H31N7O3/c1-30(2,3)16-20(17-31)28(38)35-15-7-8-22(18-35)37-27-25(26(32)33-19-34-27)36(29(37)39)21-11-13-24(14-12-21)40-23-9-5-4-6-10-23/h4-6,9-14,16,19,22H,7-8,15,18H2,1-3H3,(H2,32,33,34). The zero-order valence-corrected chi connectivity index (χ0v) is 22.7. The van der Waals surface area contributed by atoms with Gasteiger partial charge in [0.05, 0.1) is 11.7 Å². The van der Waals surface area contributed by atoms with Gasteiger partial charge in [0.25, 0.3) is 5.91 Å². The number of piperidine rings is 1. The second-order valence-electron chi connectivity index (χ2n) is 10.9. The van der Waals surface area contributed by atoms with E-state index in [1.54, 1.807) is 39.8 Å². The van der Waals surface area contributed by atoms with E-state index in [2.05, 4.69) is 16.0 Å². The molecule has 4 aromatic rings. The van der Waals surface area contributed by atoms with Crippen molar-refractivity contribution in [1.29, 1.82) is 5.26 Å². The fraction of sp³-hybridized carbons (Fsp3) is 0.300. The third-order valence-corrected chi connectivity index (χ3v) is 6.73. The third kappa shape index (κ3) is 5.31. The van der Waals surface area contributed by atoms with Crippen LogP contribution >= 0.6 is 0 Å². The number of nitriles is 1. The molecule has 1 amide bonds. The van der Waals surface area contributed by atoms with Crippen LogP contribution in [0.2, 0.25) is 0 Å². The van der Waals surface area contributed by atoms with E-state index < -0.39 is 0 Å². The number of imidazole rings is 1. The van der Waals surface area contributed by atoms with E-state index in [1.165, 1.54) is 10.9 Å². The number of aromatic nitrogens is 4. The number of likely N-dealkylation sites (tertiary alicyclic amines) is 1. The van der Waals surface area contributed by atoms with Crippen molar-refractivity contribution in [1.82, 2.24) is 24.0 Å². The van der Waals surface area contributed by atoms with Gasteiger partial charge < -0.3 is 15.4 Å². The lowest BCUT2D eigenvalue weighted by molar-refractivity contribution is -0.128. The maximum absolute atomic E-state index is 14.0. The molecule has 3 heterocycles. The molecule has 2 aromatic carbocycles. The SMILES string of the molecule is CC(C)(C)C=C(C#N)C(=O)N1CCCC(n2c(=O)n(-c3ccc(Oc4ccccc4)cc3)c3c(N)ncnc32)C1. The Hall–Kier alpha value is -4.91. The number of fused-ring (bicyclic) bond motifs is 1. The van der Waals surface area contributed by atoms with E-state index in [0.29, 0.717) is 47.7 Å². The zero-order valence-electron chi connectivity index (χ0n) is 22.7. The molecule has 5 rings (SSSR count). The number of carbonyl (C=O) groups is 1. The summed E-state index contributed by atoms with van der Waals surface area (Å²) in [5.74, 6) is 1.17. The first-order chi connectivity index (χ1) is 19.2. The van der Waals surface area contributed by atoms with Crippen molar-refractivity contribution in [2.24, 2.45) is 5.41 Å². The van der Waals surface area contributed by atoms with Crippen LogP contribution in [0.25, 0.3) is 16.9 Å². The number of amides is 1. The van der Waals surface area contributed by atoms with Gasteiger partial charge in [-0.2, -0.15) is 5.26 Å². The van der Waals surface area contributed by atoms with Crippen LogP contribution in [0.1, 0.15) is 39.7 Å². The molecule has 0 radical (unpaired) electrons. The minimum atomic E-state index is -0.349. The fourth-order valence-electron chi connectivity index (χ4n) is 5.02. The molecule has 2 N–H and O–H groups in total. The van der Waals surface area contributed by atoms with Gasteiger partial charge in [-0.3, -0.25) is 13.9 Å². The lowest BCUT2D eigenvalue weighted by Crippen LogP contribution is -2.43. The van der Waals surface area contributed by atoms with Gasteiger partial charge in [0.1, 0.15) is 35.0 Å². The van der Waals surface area contributed by atoms with Gasteiger partial charge in [-0.15, -0.1) is 0 Å². The number of nitrogen functional groups attached to an aromatic ring is 1. The van der Waals surface area contributed by atoms with Gasteiger partial charge in [-0.05, 0) is 54.7 Å². The van der Waals surface area contributed by atoms with Crippen molar-refractivity contribution in [3.63, 3.8) is 0 Å². The lowest BCUT2D eigenvalue weighted by Gasteiger charge is -2.33. The Morgan fingerprint density at radius 3 is 2.48 bits per heavy atom. The highest BCUT2D eigenvalue weighted by atomic mass is 16.5. The number of allylic oxidation sites excluding steroid dienone is 1. The van der Waals surface area contributed by atoms with Crippen LogP contribution in [0.15, 0.2) is 77.4 Å². The number of benzene rings is 2. The normalized spacial score (nSPS) is 16.1. The number of nitrogens with two attached hydrogens (primary N) is 1. The Balaban J connectivity index is 1.51. The van der Waals surface area contributed by atoms with Crippen molar-refractivity contribution in [2.45, 2.75) is 39.7 Å². The quantitative estimate of drug-likeness (QED) is 0.290. The van der Waals surface area contributed by atoms with E-state index in [1.807, 2.05) is 51.1 Å². The Morgan fingerprint density at radius 1 is 1.10 bits per heavy atom. The zero-order chi connectivity index (χ0) is 28.4. The Bertz CT molecular complexity index is 1670. The molecule has 40 heavy (non-hydrogen) atoms. The van der Waals surface area contributed by atoms with E-state index in [0.717, 1.165) is 0 Å². The predicted molar refractivity (Wildman–Crippen MR) is 152 cm³/mol. The molecule has 2 aromatic heterocycles. The molecule has 1 aliphatic heterocycles. The summed E-state index contributed by atoms with van der Waals surface area (Å²) in [5, 5.41) is 9.66. The summed E-state index contributed by atoms with van der Waals surface area (Å²) in [6, 6.07) is 18.3. The van der Waals surface area contributed by atoms with Gasteiger partial charge >= 0.3 is 5.69 Å². The Labute approximate surface area is 231 Å². The Morgan fingerprint density at radius 2 is 1.80 bits per heavy atom. The number of hydrogen-bond acceptors (Lipinski definition) is 7. The molecule has 1 atom stereocenters. The molecule has 1 unspecified atom stereocenters. The summed E-state index contributed by atoms with van der Waals surface area (Å²) in [6.07, 6.45) is 4.37. The van der Waals surface area contributed by atoms with Gasteiger partial charge in [-0.25, -0.2) is 14.8 Å². The van der Waals surface area contributed by atoms with Gasteiger partial charge in [0.15, 0.2) is 11.5 Å². The van der Waals surface area contributed by atoms with Crippen LogP contribution in [-0.2, 0) is 4.79 Å². The minimum Gasteiger partial charge on any atom is -0.457 e. The van der Waals surface area contributed by atoms with E-state index >= 15 is 0 Å². The van der Waals surface area contributed by atoms with Crippen LogP contribution in [0.5, 0.6) is 11.5 Å². The van der Waals surface area contributed by atoms with E-state index in [-0.39, 0.29) is 41.0 Å². The van der Waals surface area contributed by atoms with E-state index in [9.17, 15) is 14.9 Å². The predicted octanol–water partition coefficient (Wildman–Crippen LogP) is 4.62. The molecule has 0 bridgehead atoms. The molecular formula is C30H31N7O3. The average Bonchev–Trinajstić information content (AvgIpc) is 3.25. The summed E-state index contributed by atoms with van der Waals surface area (Å²) >= 11 is 0. The summed E-state index contributed by atoms with van der Waals surface area (Å²) in [6.45, 7) is 6.60. The molecule has 1 fully saturated rings. The average molecular weight is 538 g/mol. The summed E-state index contributed by atoms with van der Waals surface area (Å²) < 4.78 is 8.99. The van der Waals surface area contributed by atoms with Crippen LogP contribution in [0.3, 0.4) is 0 Å². The molecule has 0 aliphatic carbocycles. The molecule has 10 heteroatoms. The van der Waals surface area contributed by atoms with Crippen molar-refractivity contribution in [3.8, 4) is 23.3 Å². The van der Waals surface area contributed by atoms with Crippen molar-refractivity contribution in [2.75, 3.05) is 18.8 Å². The molecule has 1 aliphatic rings. The van der Waals surface area contributed by atoms with E-state index in [4.69, 9.17) is 10.5 Å². The molecule has 1 saturated heterocycles. The summed E-state index contributed by atoms with van der Waals surface area (Å²) in [5.41, 5.74) is 7.10. The van der Waals surface area contributed by atoms with Crippen LogP contribution in [-0.4, -0.2) is 43.0 Å². The van der Waals surface area contributed by atoms with Crippen molar-refractivity contribution < 1.29 is 9.53 Å². The van der Waals surface area contributed by atoms with Crippen molar-refractivity contribution >= 4 is 22.9 Å². The van der Waals surface area contributed by atoms with Gasteiger partial charge in [0, 0.05) is 13.1 Å². The van der Waals surface area contributed by atoms with Crippen LogP contribution < -0.4 is 16.2 Å². The number of carbonyl (C=O) groups excluding carboxylic acids is 1. The molecule has 0 spiro atoms. The molecule has 10 nitrogen and oxygen atoms in total. The number of hydrogen-bond donors (Lipinski definition) is 1. The first-order valence-electron chi connectivity index (χ1n) is 13.2. The third-order valence-electron chi connectivity index (χ3n) is 6.73. The van der Waals surface area contributed by atoms with Crippen LogP contribution in [0, 0.1) is 16.7 Å². The first kappa shape index (κ1) is 26.7. The molecular weight excluding hydrogens is 506 g/mol. The first-order valence-corrected chi connectivity index (χ1v) is 13.2. The highest BCUT2D eigenvalue weighted by Gasteiger charge is 2.31. The fourth-order valence-corrected chi connectivity index (χ4v) is 5.02. The number of rotatable bonds is 5. The Kier molecular flexibility index (Phi) is 7.13. The number of anilines is 1. The number of para-hydroxylation sites is 1.